The van der Waals surface area contributed by atoms with Crippen LogP contribution >= 0.6 is 12.4 Å². The van der Waals surface area contributed by atoms with Crippen molar-refractivity contribution in [3.8, 4) is 28.3 Å². The molecule has 2 heterocycles. The highest BCUT2D eigenvalue weighted by Gasteiger charge is 2.26. The van der Waals surface area contributed by atoms with E-state index in [9.17, 15) is 14.8 Å². The summed E-state index contributed by atoms with van der Waals surface area (Å²) in [5, 5.41) is 27.0. The van der Waals surface area contributed by atoms with E-state index in [1.165, 1.54) is 0 Å². The van der Waals surface area contributed by atoms with Crippen LogP contribution in [0.4, 0.5) is 0 Å². The number of nitrogens with one attached hydrogen (secondary N) is 1. The standard InChI is InChI=1S/C29H39BN4O5.ClH/c1-22(2)18-28(30(36)37)31-29(35)21-34-27(23-8-4-3-5-9-23)20-26(32-34)24-10-6-11-25(19-24)39-15-7-12-33-13-16-38-17-14-33;/h3-6,8-11,19-20,22,28,36-37H,7,12-18,21H2,1-2H3,(H,31,35);1H. The fraction of sp³-hybridized carbons (Fsp3) is 0.448. The quantitative estimate of drug-likeness (QED) is 0.214. The molecule has 3 N–H and O–H groups in total. The summed E-state index contributed by atoms with van der Waals surface area (Å²) in [5.74, 6) is -0.110. The number of amides is 1. The van der Waals surface area contributed by atoms with E-state index in [2.05, 4.69) is 10.2 Å². The fourth-order valence-electron chi connectivity index (χ4n) is 4.72. The summed E-state index contributed by atoms with van der Waals surface area (Å²) in [5.41, 5.74) is 3.34. The molecule has 11 heteroatoms. The first-order valence-corrected chi connectivity index (χ1v) is 13.7. The highest BCUT2D eigenvalue weighted by Crippen LogP contribution is 2.28. The number of nitrogens with zero attached hydrogens (tertiary/aromatic N) is 3. The maximum absolute atomic E-state index is 12.9. The molecule has 4 rings (SSSR count). The zero-order chi connectivity index (χ0) is 27.6. The van der Waals surface area contributed by atoms with Gasteiger partial charge in [-0.1, -0.05) is 56.3 Å². The van der Waals surface area contributed by atoms with Crippen LogP contribution < -0.4 is 10.1 Å². The van der Waals surface area contributed by atoms with Crippen molar-refractivity contribution < 1.29 is 24.3 Å². The summed E-state index contributed by atoms with van der Waals surface area (Å²) in [6.45, 7) is 9.03. The zero-order valence-corrected chi connectivity index (χ0v) is 24.1. The third kappa shape index (κ3) is 9.35. The molecular weight excluding hydrogens is 531 g/mol. The lowest BCUT2D eigenvalue weighted by Crippen LogP contribution is -2.48. The van der Waals surface area contributed by atoms with Crippen LogP contribution in [0.5, 0.6) is 5.75 Å². The molecule has 1 aromatic heterocycles. The van der Waals surface area contributed by atoms with Crippen molar-refractivity contribution >= 4 is 25.4 Å². The number of aromatic nitrogens is 2. The lowest BCUT2D eigenvalue weighted by molar-refractivity contribution is -0.122. The lowest BCUT2D eigenvalue weighted by Gasteiger charge is -2.26. The van der Waals surface area contributed by atoms with E-state index in [4.69, 9.17) is 14.6 Å². The van der Waals surface area contributed by atoms with E-state index in [-0.39, 0.29) is 30.8 Å². The first kappa shape index (κ1) is 31.6. The average molecular weight is 571 g/mol. The molecule has 40 heavy (non-hydrogen) atoms. The van der Waals surface area contributed by atoms with E-state index < -0.39 is 13.1 Å². The fourth-order valence-corrected chi connectivity index (χ4v) is 4.72. The van der Waals surface area contributed by atoms with Crippen molar-refractivity contribution in [2.75, 3.05) is 39.5 Å². The van der Waals surface area contributed by atoms with Gasteiger partial charge in [0.1, 0.15) is 12.3 Å². The van der Waals surface area contributed by atoms with Crippen LogP contribution in [0.15, 0.2) is 60.7 Å². The first-order valence-electron chi connectivity index (χ1n) is 13.7. The van der Waals surface area contributed by atoms with Gasteiger partial charge in [0.2, 0.25) is 5.91 Å². The van der Waals surface area contributed by atoms with Crippen molar-refractivity contribution in [1.82, 2.24) is 20.0 Å². The number of benzene rings is 2. The first-order chi connectivity index (χ1) is 18.9. The summed E-state index contributed by atoms with van der Waals surface area (Å²) in [4.78, 5) is 15.3. The number of carbonyl (C=O) groups is 1. The van der Waals surface area contributed by atoms with Crippen LogP contribution in [0.25, 0.3) is 22.5 Å². The Morgan fingerprint density at radius 3 is 2.50 bits per heavy atom. The van der Waals surface area contributed by atoms with Gasteiger partial charge in [0.15, 0.2) is 0 Å². The molecule has 3 aromatic rings. The minimum absolute atomic E-state index is 0. The van der Waals surface area contributed by atoms with E-state index >= 15 is 0 Å². The molecule has 0 bridgehead atoms. The van der Waals surface area contributed by atoms with E-state index in [1.807, 2.05) is 74.5 Å². The third-order valence-electron chi connectivity index (χ3n) is 6.70. The molecule has 9 nitrogen and oxygen atoms in total. The highest BCUT2D eigenvalue weighted by atomic mass is 35.5. The van der Waals surface area contributed by atoms with E-state index in [0.717, 1.165) is 67.5 Å². The molecule has 0 saturated carbocycles. The van der Waals surface area contributed by atoms with Crippen LogP contribution in [0.3, 0.4) is 0 Å². The van der Waals surface area contributed by atoms with Crippen molar-refractivity contribution in [1.29, 1.82) is 0 Å². The van der Waals surface area contributed by atoms with Gasteiger partial charge in [-0.25, -0.2) is 0 Å². The Labute approximate surface area is 243 Å². The molecule has 1 aliphatic heterocycles. The van der Waals surface area contributed by atoms with E-state index in [1.54, 1.807) is 4.68 Å². The molecule has 1 aliphatic rings. The highest BCUT2D eigenvalue weighted by molar-refractivity contribution is 6.43. The van der Waals surface area contributed by atoms with E-state index in [0.29, 0.717) is 13.0 Å². The Hall–Kier alpha value is -2.89. The average Bonchev–Trinajstić information content (AvgIpc) is 3.35. The maximum atomic E-state index is 12.9. The lowest BCUT2D eigenvalue weighted by atomic mass is 9.75. The van der Waals surface area contributed by atoms with Gasteiger partial charge < -0.3 is 24.8 Å². The summed E-state index contributed by atoms with van der Waals surface area (Å²) < 4.78 is 13.1. The van der Waals surface area contributed by atoms with Crippen LogP contribution in [0.2, 0.25) is 0 Å². The predicted octanol–water partition coefficient (Wildman–Crippen LogP) is 3.28. The Morgan fingerprint density at radius 2 is 1.80 bits per heavy atom. The Bertz CT molecular complexity index is 1190. The maximum Gasteiger partial charge on any atom is 0.475 e. The van der Waals surface area contributed by atoms with Gasteiger partial charge in [0.25, 0.3) is 0 Å². The minimum atomic E-state index is -1.63. The van der Waals surface area contributed by atoms with Gasteiger partial charge in [-0.2, -0.15) is 5.10 Å². The topological polar surface area (TPSA) is 109 Å². The smallest absolute Gasteiger partial charge is 0.475 e. The van der Waals surface area contributed by atoms with Crippen LogP contribution in [-0.4, -0.2) is 83.2 Å². The Kier molecular flexibility index (Phi) is 12.5. The van der Waals surface area contributed by atoms with Gasteiger partial charge in [0, 0.05) is 25.2 Å². The number of carbonyl (C=O) groups excluding carboxylic acids is 1. The number of rotatable bonds is 13. The molecule has 0 aliphatic carbocycles. The van der Waals surface area contributed by atoms with Crippen LogP contribution in [-0.2, 0) is 16.1 Å². The molecule has 1 fully saturated rings. The number of morpholine rings is 1. The summed E-state index contributed by atoms with van der Waals surface area (Å²) in [6, 6.07) is 19.6. The number of hydrogen-bond acceptors (Lipinski definition) is 7. The molecule has 1 amide bonds. The third-order valence-corrected chi connectivity index (χ3v) is 6.70. The van der Waals surface area contributed by atoms with Crippen LogP contribution in [0, 0.1) is 5.92 Å². The Morgan fingerprint density at radius 1 is 1.07 bits per heavy atom. The monoisotopic (exact) mass is 570 g/mol. The molecule has 1 unspecified atom stereocenters. The molecule has 0 radical (unpaired) electrons. The second kappa shape index (κ2) is 15.8. The summed E-state index contributed by atoms with van der Waals surface area (Å²) in [6.07, 6.45) is 1.39. The second-order valence-corrected chi connectivity index (χ2v) is 10.3. The molecule has 0 spiro atoms. The summed E-state index contributed by atoms with van der Waals surface area (Å²) >= 11 is 0. The SMILES string of the molecule is CC(C)CC(NC(=O)Cn1nc(-c2cccc(OCCCN3CCOCC3)c2)cc1-c1ccccc1)B(O)O.Cl. The van der Waals surface area contributed by atoms with Crippen molar-refractivity contribution in [3.05, 3.63) is 60.7 Å². The minimum Gasteiger partial charge on any atom is -0.494 e. The second-order valence-electron chi connectivity index (χ2n) is 10.3. The van der Waals surface area contributed by atoms with Gasteiger partial charge in [0.05, 0.1) is 37.1 Å². The van der Waals surface area contributed by atoms with Gasteiger partial charge in [-0.15, -0.1) is 12.4 Å². The molecule has 2 aromatic carbocycles. The van der Waals surface area contributed by atoms with Gasteiger partial charge >= 0.3 is 7.12 Å². The molecular formula is C29H40BClN4O5. The van der Waals surface area contributed by atoms with Crippen LogP contribution in [0.1, 0.15) is 26.7 Å². The molecule has 1 atom stereocenters. The number of ether oxygens (including phenoxy) is 2. The van der Waals surface area contributed by atoms with Gasteiger partial charge in [-0.05, 0) is 42.5 Å². The van der Waals surface area contributed by atoms with Crippen molar-refractivity contribution in [2.24, 2.45) is 5.92 Å². The van der Waals surface area contributed by atoms with Gasteiger partial charge in [-0.3, -0.25) is 14.4 Å². The number of hydrogen-bond donors (Lipinski definition) is 3. The summed E-state index contributed by atoms with van der Waals surface area (Å²) in [7, 11) is -1.63. The largest absolute Gasteiger partial charge is 0.494 e. The molecule has 216 valence electrons. The number of halogens is 1. The normalized spacial score (nSPS) is 14.4. The Balaban J connectivity index is 0.00000441. The molecule has 1 saturated heterocycles. The van der Waals surface area contributed by atoms with Crippen molar-refractivity contribution in [3.63, 3.8) is 0 Å². The predicted molar refractivity (Wildman–Crippen MR) is 159 cm³/mol. The zero-order valence-electron chi connectivity index (χ0n) is 23.2. The van der Waals surface area contributed by atoms with Crippen molar-refractivity contribution in [2.45, 2.75) is 39.2 Å².